The van der Waals surface area contributed by atoms with Gasteiger partial charge in [-0.2, -0.15) is 4.98 Å². The Hall–Kier alpha value is -2.73. The zero-order valence-electron chi connectivity index (χ0n) is 15.3. The van der Waals surface area contributed by atoms with Gasteiger partial charge < -0.3 is 14.5 Å². The van der Waals surface area contributed by atoms with E-state index in [2.05, 4.69) is 32.2 Å². The first kappa shape index (κ1) is 17.7. The zero-order chi connectivity index (χ0) is 18.5. The molecule has 6 nitrogen and oxygen atoms in total. The van der Waals surface area contributed by atoms with E-state index in [-0.39, 0.29) is 12.6 Å². The highest BCUT2D eigenvalue weighted by atomic mass is 16.5. The standard InChI is InChI=1S/C21H24N4O2/c26-15-18-8-4-5-13-25(18)20-12-10-17(14-22-20)21-23-19(24-27-21)11-9-16-6-2-1-3-7-16/h1-3,6-7,10,12,14,18,26H,4-5,8-9,11,13,15H2/t18-/m1/s1. The van der Waals surface area contributed by atoms with Gasteiger partial charge in [0.1, 0.15) is 5.82 Å². The molecule has 4 rings (SSSR count). The number of pyridine rings is 1. The molecule has 27 heavy (non-hydrogen) atoms. The number of rotatable bonds is 6. The molecule has 0 radical (unpaired) electrons. The first-order valence-corrected chi connectivity index (χ1v) is 9.54. The summed E-state index contributed by atoms with van der Waals surface area (Å²) < 4.78 is 5.41. The maximum atomic E-state index is 9.59. The van der Waals surface area contributed by atoms with Gasteiger partial charge in [0.2, 0.25) is 0 Å². The van der Waals surface area contributed by atoms with Crippen LogP contribution < -0.4 is 4.90 Å². The highest BCUT2D eigenvalue weighted by Crippen LogP contribution is 2.25. The van der Waals surface area contributed by atoms with Gasteiger partial charge in [0.15, 0.2) is 5.82 Å². The number of nitrogens with zero attached hydrogens (tertiary/aromatic N) is 4. The van der Waals surface area contributed by atoms with Crippen LogP contribution >= 0.6 is 0 Å². The summed E-state index contributed by atoms with van der Waals surface area (Å²) in [5, 5.41) is 13.7. The third kappa shape index (κ3) is 4.17. The fourth-order valence-electron chi connectivity index (χ4n) is 3.55. The van der Waals surface area contributed by atoms with E-state index in [1.54, 1.807) is 6.20 Å². The molecule has 0 aliphatic carbocycles. The van der Waals surface area contributed by atoms with Crippen molar-refractivity contribution in [1.29, 1.82) is 0 Å². The number of hydrogen-bond donors (Lipinski definition) is 1. The summed E-state index contributed by atoms with van der Waals surface area (Å²) in [7, 11) is 0. The lowest BCUT2D eigenvalue weighted by atomic mass is 10.0. The molecule has 1 aromatic carbocycles. The second-order valence-electron chi connectivity index (χ2n) is 6.93. The summed E-state index contributed by atoms with van der Waals surface area (Å²) in [4.78, 5) is 11.3. The Labute approximate surface area is 158 Å². The summed E-state index contributed by atoms with van der Waals surface area (Å²) in [5.41, 5.74) is 2.07. The topological polar surface area (TPSA) is 75.3 Å². The van der Waals surface area contributed by atoms with Gasteiger partial charge in [0, 0.05) is 19.2 Å². The van der Waals surface area contributed by atoms with Gasteiger partial charge in [0.05, 0.1) is 18.2 Å². The largest absolute Gasteiger partial charge is 0.394 e. The molecule has 0 spiro atoms. The predicted molar refractivity (Wildman–Crippen MR) is 103 cm³/mol. The lowest BCUT2D eigenvalue weighted by Crippen LogP contribution is -2.42. The first-order valence-electron chi connectivity index (χ1n) is 9.54. The number of benzene rings is 1. The number of aryl methyl sites for hydroxylation is 2. The lowest BCUT2D eigenvalue weighted by Gasteiger charge is -2.35. The molecule has 3 aromatic rings. The van der Waals surface area contributed by atoms with Crippen LogP contribution in [0, 0.1) is 0 Å². The number of aliphatic hydroxyl groups excluding tert-OH is 1. The van der Waals surface area contributed by atoms with E-state index >= 15 is 0 Å². The van der Waals surface area contributed by atoms with Crippen LogP contribution in [0.25, 0.3) is 11.5 Å². The minimum absolute atomic E-state index is 0.157. The Morgan fingerprint density at radius 2 is 1.96 bits per heavy atom. The van der Waals surface area contributed by atoms with Crippen LogP contribution in [0.4, 0.5) is 5.82 Å². The van der Waals surface area contributed by atoms with Crippen molar-refractivity contribution < 1.29 is 9.63 Å². The monoisotopic (exact) mass is 364 g/mol. The summed E-state index contributed by atoms with van der Waals surface area (Å²) in [6.45, 7) is 1.10. The van der Waals surface area contributed by atoms with Crippen LogP contribution in [-0.4, -0.2) is 39.4 Å². The van der Waals surface area contributed by atoms with Crippen molar-refractivity contribution in [2.24, 2.45) is 0 Å². The van der Waals surface area contributed by atoms with Crippen molar-refractivity contribution in [3.8, 4) is 11.5 Å². The predicted octanol–water partition coefficient (Wildman–Crippen LogP) is 3.27. The number of piperidine rings is 1. The fourth-order valence-corrected chi connectivity index (χ4v) is 3.55. The fraction of sp³-hybridized carbons (Fsp3) is 0.381. The molecule has 0 bridgehead atoms. The first-order chi connectivity index (χ1) is 13.3. The van der Waals surface area contributed by atoms with Crippen molar-refractivity contribution >= 4 is 5.82 Å². The van der Waals surface area contributed by atoms with Gasteiger partial charge in [-0.3, -0.25) is 0 Å². The smallest absolute Gasteiger partial charge is 0.259 e. The van der Waals surface area contributed by atoms with E-state index in [1.807, 2.05) is 30.3 Å². The number of aromatic nitrogens is 3. The van der Waals surface area contributed by atoms with E-state index in [0.29, 0.717) is 11.7 Å². The van der Waals surface area contributed by atoms with E-state index in [0.717, 1.165) is 50.0 Å². The van der Waals surface area contributed by atoms with Gasteiger partial charge in [-0.05, 0) is 43.4 Å². The van der Waals surface area contributed by atoms with Crippen molar-refractivity contribution in [3.05, 3.63) is 60.0 Å². The van der Waals surface area contributed by atoms with Gasteiger partial charge in [-0.15, -0.1) is 0 Å². The molecule has 6 heteroatoms. The Bertz CT molecular complexity index is 848. The number of aliphatic hydroxyl groups is 1. The second kappa shape index (κ2) is 8.31. The average molecular weight is 364 g/mol. The highest BCUT2D eigenvalue weighted by Gasteiger charge is 2.23. The van der Waals surface area contributed by atoms with Crippen LogP contribution in [-0.2, 0) is 12.8 Å². The summed E-state index contributed by atoms with van der Waals surface area (Å²) in [5.74, 6) is 2.09. The minimum atomic E-state index is 0.157. The Kier molecular flexibility index (Phi) is 5.44. The summed E-state index contributed by atoms with van der Waals surface area (Å²) >= 11 is 0. The molecule has 1 saturated heterocycles. The molecule has 1 N–H and O–H groups in total. The molecule has 0 unspecified atom stereocenters. The van der Waals surface area contributed by atoms with Gasteiger partial charge >= 0.3 is 0 Å². The average Bonchev–Trinajstić information content (AvgIpc) is 3.22. The van der Waals surface area contributed by atoms with Crippen LogP contribution in [0.1, 0.15) is 30.7 Å². The second-order valence-corrected chi connectivity index (χ2v) is 6.93. The normalized spacial score (nSPS) is 17.2. The van der Waals surface area contributed by atoms with Crippen LogP contribution in [0.5, 0.6) is 0 Å². The van der Waals surface area contributed by atoms with E-state index in [1.165, 1.54) is 5.56 Å². The lowest BCUT2D eigenvalue weighted by molar-refractivity contribution is 0.239. The van der Waals surface area contributed by atoms with Crippen molar-refractivity contribution in [2.45, 2.75) is 38.1 Å². The molecule has 1 aliphatic heterocycles. The maximum Gasteiger partial charge on any atom is 0.259 e. The molecule has 0 saturated carbocycles. The van der Waals surface area contributed by atoms with Crippen molar-refractivity contribution in [1.82, 2.24) is 15.1 Å². The number of anilines is 1. The molecule has 1 aliphatic rings. The maximum absolute atomic E-state index is 9.59. The van der Waals surface area contributed by atoms with Crippen LogP contribution in [0.15, 0.2) is 53.2 Å². The van der Waals surface area contributed by atoms with E-state index in [9.17, 15) is 5.11 Å². The molecule has 0 amide bonds. The molecule has 1 fully saturated rings. The zero-order valence-corrected chi connectivity index (χ0v) is 15.3. The quantitative estimate of drug-likeness (QED) is 0.723. The molecule has 1 atom stereocenters. The third-order valence-corrected chi connectivity index (χ3v) is 5.08. The van der Waals surface area contributed by atoms with Gasteiger partial charge in [-0.25, -0.2) is 4.98 Å². The molecular formula is C21H24N4O2. The van der Waals surface area contributed by atoms with Crippen LogP contribution in [0.3, 0.4) is 0 Å². The minimum Gasteiger partial charge on any atom is -0.394 e. The van der Waals surface area contributed by atoms with Gasteiger partial charge in [0.25, 0.3) is 5.89 Å². The van der Waals surface area contributed by atoms with E-state index < -0.39 is 0 Å². The molecule has 2 aromatic heterocycles. The van der Waals surface area contributed by atoms with E-state index in [4.69, 9.17) is 4.52 Å². The molecule has 3 heterocycles. The van der Waals surface area contributed by atoms with Crippen molar-refractivity contribution in [3.63, 3.8) is 0 Å². The Morgan fingerprint density at radius 1 is 1.07 bits per heavy atom. The summed E-state index contributed by atoms with van der Waals surface area (Å²) in [6, 6.07) is 14.4. The molecule has 140 valence electrons. The van der Waals surface area contributed by atoms with Crippen molar-refractivity contribution in [2.75, 3.05) is 18.1 Å². The molecular weight excluding hydrogens is 340 g/mol. The number of hydrogen-bond acceptors (Lipinski definition) is 6. The highest BCUT2D eigenvalue weighted by molar-refractivity contribution is 5.55. The van der Waals surface area contributed by atoms with Crippen LogP contribution in [0.2, 0.25) is 0 Å². The van der Waals surface area contributed by atoms with Gasteiger partial charge in [-0.1, -0.05) is 35.5 Å². The SMILES string of the molecule is OC[C@H]1CCCCN1c1ccc(-c2nc(CCc3ccccc3)no2)cn1. The summed E-state index contributed by atoms with van der Waals surface area (Å²) in [6.07, 6.45) is 6.70. The third-order valence-electron chi connectivity index (χ3n) is 5.08. The Morgan fingerprint density at radius 3 is 2.74 bits per heavy atom. The Balaban J connectivity index is 1.42.